The summed E-state index contributed by atoms with van der Waals surface area (Å²) in [5.41, 5.74) is 4.78. The molecule has 1 amide bonds. The van der Waals surface area contributed by atoms with Crippen molar-refractivity contribution in [2.24, 2.45) is 0 Å². The summed E-state index contributed by atoms with van der Waals surface area (Å²) in [5, 5.41) is 8.59. The number of ether oxygens (including phenoxy) is 1. The van der Waals surface area contributed by atoms with Gasteiger partial charge in [0.15, 0.2) is 0 Å². The molecule has 29 heavy (non-hydrogen) atoms. The first-order chi connectivity index (χ1) is 13.9. The Morgan fingerprint density at radius 2 is 1.93 bits per heavy atom. The molecular weight excluding hydrogens is 364 g/mol. The average Bonchev–Trinajstić information content (AvgIpc) is 3.06. The number of likely N-dealkylation sites (tertiary alicyclic amines) is 1. The van der Waals surface area contributed by atoms with Crippen molar-refractivity contribution in [3.63, 3.8) is 0 Å². The SMILES string of the molecule is CC(C)(C)OC(=O)N1CCC(n2nc(Cc3ccccc3)c3c2CCNC3)CC1. The van der Waals surface area contributed by atoms with Crippen LogP contribution in [-0.2, 0) is 24.1 Å². The minimum absolute atomic E-state index is 0.201. The van der Waals surface area contributed by atoms with Gasteiger partial charge in [-0.3, -0.25) is 4.68 Å². The molecule has 0 radical (unpaired) electrons. The van der Waals surface area contributed by atoms with Gasteiger partial charge in [-0.15, -0.1) is 0 Å². The van der Waals surface area contributed by atoms with Crippen LogP contribution in [0.25, 0.3) is 0 Å². The van der Waals surface area contributed by atoms with Crippen molar-refractivity contribution in [2.75, 3.05) is 19.6 Å². The Kier molecular flexibility index (Phi) is 5.63. The number of nitrogens with zero attached hydrogens (tertiary/aromatic N) is 3. The molecule has 4 rings (SSSR count). The predicted octanol–water partition coefficient (Wildman–Crippen LogP) is 3.69. The van der Waals surface area contributed by atoms with Crippen LogP contribution >= 0.6 is 0 Å². The summed E-state index contributed by atoms with van der Waals surface area (Å²) >= 11 is 0. The fourth-order valence-corrected chi connectivity index (χ4v) is 4.30. The Balaban J connectivity index is 1.48. The normalized spacial score (nSPS) is 17.8. The molecule has 6 heteroatoms. The van der Waals surface area contributed by atoms with Crippen molar-refractivity contribution >= 4 is 6.09 Å². The largest absolute Gasteiger partial charge is 0.444 e. The number of aromatic nitrogens is 2. The van der Waals surface area contributed by atoms with Crippen LogP contribution in [0, 0.1) is 0 Å². The van der Waals surface area contributed by atoms with Crippen molar-refractivity contribution in [2.45, 2.75) is 64.6 Å². The van der Waals surface area contributed by atoms with E-state index in [1.807, 2.05) is 25.7 Å². The smallest absolute Gasteiger partial charge is 0.410 e. The summed E-state index contributed by atoms with van der Waals surface area (Å²) in [6.07, 6.45) is 3.53. The molecule has 0 bridgehead atoms. The number of rotatable bonds is 3. The van der Waals surface area contributed by atoms with Crippen LogP contribution < -0.4 is 5.32 Å². The first kappa shape index (κ1) is 20.0. The molecule has 0 spiro atoms. The zero-order chi connectivity index (χ0) is 20.4. The second-order valence-electron chi connectivity index (χ2n) is 9.10. The molecule has 156 valence electrons. The summed E-state index contributed by atoms with van der Waals surface area (Å²) in [6, 6.07) is 10.9. The Morgan fingerprint density at radius 3 is 2.62 bits per heavy atom. The van der Waals surface area contributed by atoms with E-state index in [4.69, 9.17) is 9.84 Å². The molecule has 1 aromatic heterocycles. The van der Waals surface area contributed by atoms with Crippen LogP contribution in [0.4, 0.5) is 4.79 Å². The molecular formula is C23H32N4O2. The summed E-state index contributed by atoms with van der Waals surface area (Å²) in [4.78, 5) is 14.2. The van der Waals surface area contributed by atoms with Crippen molar-refractivity contribution in [1.29, 1.82) is 0 Å². The third kappa shape index (κ3) is 4.64. The minimum atomic E-state index is -0.450. The van der Waals surface area contributed by atoms with E-state index >= 15 is 0 Å². The molecule has 6 nitrogen and oxygen atoms in total. The fourth-order valence-electron chi connectivity index (χ4n) is 4.30. The quantitative estimate of drug-likeness (QED) is 0.860. The van der Waals surface area contributed by atoms with Crippen molar-refractivity contribution in [3.05, 3.63) is 52.8 Å². The topological polar surface area (TPSA) is 59.4 Å². The molecule has 1 aromatic carbocycles. The Bertz CT molecular complexity index is 846. The lowest BCUT2D eigenvalue weighted by Gasteiger charge is -2.34. The third-order valence-electron chi connectivity index (χ3n) is 5.72. The number of nitrogens with one attached hydrogen (secondary N) is 1. The lowest BCUT2D eigenvalue weighted by molar-refractivity contribution is 0.0184. The molecule has 0 aliphatic carbocycles. The molecule has 0 unspecified atom stereocenters. The maximum Gasteiger partial charge on any atom is 0.410 e. The van der Waals surface area contributed by atoms with Gasteiger partial charge in [-0.05, 0) is 39.2 Å². The van der Waals surface area contributed by atoms with E-state index in [9.17, 15) is 4.79 Å². The maximum absolute atomic E-state index is 12.4. The van der Waals surface area contributed by atoms with Gasteiger partial charge in [0.05, 0.1) is 11.7 Å². The predicted molar refractivity (Wildman–Crippen MR) is 113 cm³/mol. The van der Waals surface area contributed by atoms with Crippen molar-refractivity contribution < 1.29 is 9.53 Å². The number of carbonyl (C=O) groups is 1. The minimum Gasteiger partial charge on any atom is -0.444 e. The highest BCUT2D eigenvalue weighted by molar-refractivity contribution is 5.68. The van der Waals surface area contributed by atoms with Gasteiger partial charge in [0.1, 0.15) is 5.60 Å². The first-order valence-corrected chi connectivity index (χ1v) is 10.7. The molecule has 2 aliphatic heterocycles. The molecule has 2 aromatic rings. The van der Waals surface area contributed by atoms with Gasteiger partial charge in [0.25, 0.3) is 0 Å². The monoisotopic (exact) mass is 396 g/mol. The van der Waals surface area contributed by atoms with Gasteiger partial charge in [-0.1, -0.05) is 30.3 Å². The van der Waals surface area contributed by atoms with E-state index in [0.717, 1.165) is 51.9 Å². The van der Waals surface area contributed by atoms with Crippen molar-refractivity contribution in [1.82, 2.24) is 20.0 Å². The van der Waals surface area contributed by atoms with E-state index in [2.05, 4.69) is 40.3 Å². The average molecular weight is 397 g/mol. The highest BCUT2D eigenvalue weighted by Crippen LogP contribution is 2.29. The van der Waals surface area contributed by atoms with Gasteiger partial charge in [-0.25, -0.2) is 4.79 Å². The van der Waals surface area contributed by atoms with E-state index in [1.165, 1.54) is 22.5 Å². The Labute approximate surface area is 173 Å². The highest BCUT2D eigenvalue weighted by Gasteiger charge is 2.30. The number of carbonyl (C=O) groups excluding carboxylic acids is 1. The van der Waals surface area contributed by atoms with Gasteiger partial charge in [0.2, 0.25) is 0 Å². The standard InChI is InChI=1S/C23H32N4O2/c1-23(2,3)29-22(28)26-13-10-18(11-14-26)27-21-9-12-24-16-19(21)20(25-27)15-17-7-5-4-6-8-17/h4-8,18,24H,9-16H2,1-3H3. The van der Waals surface area contributed by atoms with E-state index in [1.54, 1.807) is 0 Å². The second-order valence-corrected chi connectivity index (χ2v) is 9.10. The molecule has 3 heterocycles. The summed E-state index contributed by atoms with van der Waals surface area (Å²) < 4.78 is 7.81. The van der Waals surface area contributed by atoms with Crippen LogP contribution in [-0.4, -0.2) is 46.0 Å². The lowest BCUT2D eigenvalue weighted by atomic mass is 10.0. The molecule has 1 N–H and O–H groups in total. The molecule has 0 saturated carbocycles. The van der Waals surface area contributed by atoms with Gasteiger partial charge >= 0.3 is 6.09 Å². The van der Waals surface area contributed by atoms with Gasteiger partial charge in [0, 0.05) is 50.3 Å². The van der Waals surface area contributed by atoms with Crippen LogP contribution in [0.5, 0.6) is 0 Å². The fraction of sp³-hybridized carbons (Fsp3) is 0.565. The number of hydrogen-bond acceptors (Lipinski definition) is 4. The van der Waals surface area contributed by atoms with Crippen LogP contribution in [0.3, 0.4) is 0 Å². The molecule has 2 aliphatic rings. The number of fused-ring (bicyclic) bond motifs is 1. The van der Waals surface area contributed by atoms with Gasteiger partial charge in [-0.2, -0.15) is 5.10 Å². The summed E-state index contributed by atoms with van der Waals surface area (Å²) in [5.74, 6) is 0. The Hall–Kier alpha value is -2.34. The second kappa shape index (κ2) is 8.19. The zero-order valence-electron chi connectivity index (χ0n) is 17.8. The first-order valence-electron chi connectivity index (χ1n) is 10.7. The van der Waals surface area contributed by atoms with Crippen LogP contribution in [0.2, 0.25) is 0 Å². The summed E-state index contributed by atoms with van der Waals surface area (Å²) in [7, 11) is 0. The van der Waals surface area contributed by atoms with Gasteiger partial charge < -0.3 is 15.0 Å². The number of piperidine rings is 1. The van der Waals surface area contributed by atoms with E-state index in [-0.39, 0.29) is 6.09 Å². The molecule has 0 atom stereocenters. The highest BCUT2D eigenvalue weighted by atomic mass is 16.6. The molecule has 1 fully saturated rings. The van der Waals surface area contributed by atoms with E-state index < -0.39 is 5.60 Å². The van der Waals surface area contributed by atoms with Crippen LogP contribution in [0.15, 0.2) is 30.3 Å². The van der Waals surface area contributed by atoms with E-state index in [0.29, 0.717) is 6.04 Å². The summed E-state index contributed by atoms with van der Waals surface area (Å²) in [6.45, 7) is 9.08. The molecule has 1 saturated heterocycles. The maximum atomic E-state index is 12.4. The number of hydrogen-bond donors (Lipinski definition) is 1. The zero-order valence-corrected chi connectivity index (χ0v) is 17.8. The lowest BCUT2D eigenvalue weighted by Crippen LogP contribution is -2.42. The third-order valence-corrected chi connectivity index (χ3v) is 5.72. The Morgan fingerprint density at radius 1 is 1.21 bits per heavy atom. The van der Waals surface area contributed by atoms with Crippen molar-refractivity contribution in [3.8, 4) is 0 Å². The number of benzene rings is 1. The number of amides is 1. The van der Waals surface area contributed by atoms with Crippen LogP contribution in [0.1, 0.15) is 62.2 Å².